The molecule has 0 aliphatic heterocycles. The van der Waals surface area contributed by atoms with Crippen molar-refractivity contribution in [2.75, 3.05) is 5.43 Å². The zero-order chi connectivity index (χ0) is 16.8. The number of hydrogen-bond donors (Lipinski definition) is 2. The summed E-state index contributed by atoms with van der Waals surface area (Å²) in [6, 6.07) is 14.8. The number of aromatic nitrogens is 1. The van der Waals surface area contributed by atoms with Gasteiger partial charge in [0.1, 0.15) is 0 Å². The first-order valence-corrected chi connectivity index (χ1v) is 7.29. The molecule has 0 amide bonds. The predicted molar refractivity (Wildman–Crippen MR) is 90.9 cm³/mol. The number of nitrogens with one attached hydrogen (secondary N) is 1. The summed E-state index contributed by atoms with van der Waals surface area (Å²) in [6.07, 6.45) is 4.75. The van der Waals surface area contributed by atoms with Gasteiger partial charge in [0.15, 0.2) is 12.2 Å². The second-order valence-electron chi connectivity index (χ2n) is 5.13. The van der Waals surface area contributed by atoms with Gasteiger partial charge in [-0.25, -0.2) is 4.98 Å². The van der Waals surface area contributed by atoms with Gasteiger partial charge in [-0.15, -0.1) is 0 Å². The van der Waals surface area contributed by atoms with E-state index in [1.807, 2.05) is 36.4 Å². The van der Waals surface area contributed by atoms with Crippen molar-refractivity contribution in [2.24, 2.45) is 5.10 Å². The molecular weight excluding hydrogens is 306 g/mol. The van der Waals surface area contributed by atoms with Crippen LogP contribution in [0.2, 0.25) is 0 Å². The summed E-state index contributed by atoms with van der Waals surface area (Å²) in [7, 11) is 0. The fourth-order valence-electron chi connectivity index (χ4n) is 2.14. The van der Waals surface area contributed by atoms with E-state index in [1.54, 1.807) is 24.5 Å². The quantitative estimate of drug-likeness (QED) is 0.536. The van der Waals surface area contributed by atoms with Gasteiger partial charge in [0, 0.05) is 5.56 Å². The van der Waals surface area contributed by atoms with Crippen LogP contribution in [0.5, 0.6) is 0 Å². The van der Waals surface area contributed by atoms with E-state index in [4.69, 9.17) is 9.52 Å². The van der Waals surface area contributed by atoms with Crippen LogP contribution in [0.15, 0.2) is 70.6 Å². The molecule has 0 fully saturated rings. The fourth-order valence-corrected chi connectivity index (χ4v) is 2.14. The van der Waals surface area contributed by atoms with Crippen molar-refractivity contribution in [2.45, 2.75) is 6.42 Å². The highest BCUT2D eigenvalue weighted by Crippen LogP contribution is 2.20. The Hall–Kier alpha value is -3.41. The molecule has 0 aliphatic carbocycles. The average molecular weight is 321 g/mol. The summed E-state index contributed by atoms with van der Waals surface area (Å²) in [5.41, 5.74) is 6.37. The largest absolute Gasteiger partial charge is 0.481 e. The third-order valence-electron chi connectivity index (χ3n) is 3.34. The van der Waals surface area contributed by atoms with E-state index in [1.165, 1.54) is 6.39 Å². The molecule has 6 heteroatoms. The molecule has 0 atom stereocenters. The van der Waals surface area contributed by atoms with Crippen molar-refractivity contribution in [3.8, 4) is 11.3 Å². The molecule has 1 aromatic heterocycles. The standard InChI is InChI=1S/C18H15N3O3/c22-18(23)9-13-1-3-14(4-2-13)10-20-21-16-7-5-15(6-8-16)17-11-19-12-24-17/h1-8,10-12,21H,9H2,(H,22,23)/b20-10+. The molecule has 2 aromatic carbocycles. The van der Waals surface area contributed by atoms with Crippen molar-refractivity contribution in [1.29, 1.82) is 0 Å². The first-order valence-electron chi connectivity index (χ1n) is 7.29. The third kappa shape index (κ3) is 4.07. The summed E-state index contributed by atoms with van der Waals surface area (Å²) >= 11 is 0. The normalized spacial score (nSPS) is 10.8. The smallest absolute Gasteiger partial charge is 0.307 e. The number of carboxylic acids is 1. The predicted octanol–water partition coefficient (Wildman–Crippen LogP) is 3.41. The molecule has 120 valence electrons. The van der Waals surface area contributed by atoms with Gasteiger partial charge >= 0.3 is 5.97 Å². The number of rotatable bonds is 6. The first-order chi connectivity index (χ1) is 11.7. The average Bonchev–Trinajstić information content (AvgIpc) is 3.11. The van der Waals surface area contributed by atoms with Gasteiger partial charge in [-0.05, 0) is 35.4 Å². The number of aliphatic carboxylic acids is 1. The SMILES string of the molecule is O=C(O)Cc1ccc(/C=N/Nc2ccc(-c3cnco3)cc2)cc1. The minimum atomic E-state index is -0.841. The minimum absolute atomic E-state index is 0.0210. The van der Waals surface area contributed by atoms with Crippen LogP contribution in [-0.2, 0) is 11.2 Å². The molecule has 0 unspecified atom stereocenters. The third-order valence-corrected chi connectivity index (χ3v) is 3.34. The van der Waals surface area contributed by atoms with E-state index in [9.17, 15) is 4.79 Å². The van der Waals surface area contributed by atoms with Gasteiger partial charge in [0.05, 0.1) is 24.5 Å². The number of hydrogen-bond acceptors (Lipinski definition) is 5. The lowest BCUT2D eigenvalue weighted by Gasteiger charge is -2.02. The molecule has 0 radical (unpaired) electrons. The van der Waals surface area contributed by atoms with Crippen LogP contribution in [-0.4, -0.2) is 22.3 Å². The highest BCUT2D eigenvalue weighted by Gasteiger charge is 2.01. The Balaban J connectivity index is 1.58. The number of anilines is 1. The van der Waals surface area contributed by atoms with Gasteiger partial charge < -0.3 is 9.52 Å². The maximum absolute atomic E-state index is 10.6. The monoisotopic (exact) mass is 321 g/mol. The van der Waals surface area contributed by atoms with Crippen LogP contribution in [0.25, 0.3) is 11.3 Å². The highest BCUT2D eigenvalue weighted by atomic mass is 16.4. The van der Waals surface area contributed by atoms with Crippen LogP contribution in [0.3, 0.4) is 0 Å². The van der Waals surface area contributed by atoms with Crippen molar-refractivity contribution < 1.29 is 14.3 Å². The summed E-state index contributed by atoms with van der Waals surface area (Å²) in [5, 5.41) is 12.9. The molecular formula is C18H15N3O3. The molecule has 0 saturated carbocycles. The Kier molecular flexibility index (Phi) is 4.67. The van der Waals surface area contributed by atoms with Gasteiger partial charge in [0.2, 0.25) is 0 Å². The van der Waals surface area contributed by atoms with E-state index in [-0.39, 0.29) is 6.42 Å². The molecule has 24 heavy (non-hydrogen) atoms. The van der Waals surface area contributed by atoms with Crippen LogP contribution >= 0.6 is 0 Å². The maximum atomic E-state index is 10.6. The Labute approximate surface area is 138 Å². The molecule has 3 aromatic rings. The summed E-state index contributed by atoms with van der Waals surface area (Å²) in [6.45, 7) is 0. The lowest BCUT2D eigenvalue weighted by atomic mass is 10.1. The molecule has 0 bridgehead atoms. The molecule has 0 aliphatic rings. The van der Waals surface area contributed by atoms with E-state index in [0.29, 0.717) is 5.76 Å². The van der Waals surface area contributed by atoms with Crippen molar-refractivity contribution in [3.63, 3.8) is 0 Å². The Bertz CT molecular complexity index is 823. The lowest BCUT2D eigenvalue weighted by molar-refractivity contribution is -0.136. The van der Waals surface area contributed by atoms with Crippen LogP contribution in [0.1, 0.15) is 11.1 Å². The topological polar surface area (TPSA) is 87.7 Å². The van der Waals surface area contributed by atoms with E-state index >= 15 is 0 Å². The van der Waals surface area contributed by atoms with Crippen molar-refractivity contribution in [1.82, 2.24) is 4.98 Å². The fraction of sp³-hybridized carbons (Fsp3) is 0.0556. The molecule has 1 heterocycles. The van der Waals surface area contributed by atoms with Crippen LogP contribution in [0, 0.1) is 0 Å². The van der Waals surface area contributed by atoms with Gasteiger partial charge in [-0.2, -0.15) is 5.10 Å². The zero-order valence-electron chi connectivity index (χ0n) is 12.7. The number of hydrazone groups is 1. The maximum Gasteiger partial charge on any atom is 0.307 e. The summed E-state index contributed by atoms with van der Waals surface area (Å²) < 4.78 is 5.23. The highest BCUT2D eigenvalue weighted by molar-refractivity contribution is 5.80. The first kappa shape index (κ1) is 15.5. The van der Waals surface area contributed by atoms with Crippen LogP contribution in [0.4, 0.5) is 5.69 Å². The van der Waals surface area contributed by atoms with E-state index < -0.39 is 5.97 Å². The molecule has 3 rings (SSSR count). The lowest BCUT2D eigenvalue weighted by Crippen LogP contribution is -1.99. The van der Waals surface area contributed by atoms with E-state index in [0.717, 1.165) is 22.4 Å². The molecule has 0 saturated heterocycles. The second-order valence-corrected chi connectivity index (χ2v) is 5.13. The number of carbonyl (C=O) groups is 1. The van der Waals surface area contributed by atoms with Crippen molar-refractivity contribution >= 4 is 17.9 Å². The van der Waals surface area contributed by atoms with Crippen molar-refractivity contribution in [3.05, 3.63) is 72.2 Å². The van der Waals surface area contributed by atoms with Gasteiger partial charge in [-0.3, -0.25) is 10.2 Å². The summed E-state index contributed by atoms with van der Waals surface area (Å²) in [4.78, 5) is 14.5. The molecule has 6 nitrogen and oxygen atoms in total. The Morgan fingerprint density at radius 3 is 2.54 bits per heavy atom. The van der Waals surface area contributed by atoms with Gasteiger partial charge in [-0.1, -0.05) is 24.3 Å². The molecule has 0 spiro atoms. The van der Waals surface area contributed by atoms with Gasteiger partial charge in [0.25, 0.3) is 0 Å². The zero-order valence-corrected chi connectivity index (χ0v) is 12.7. The summed E-state index contributed by atoms with van der Waals surface area (Å²) in [5.74, 6) is -0.127. The van der Waals surface area contributed by atoms with E-state index in [2.05, 4.69) is 15.5 Å². The number of oxazole rings is 1. The number of benzene rings is 2. The van der Waals surface area contributed by atoms with Crippen LogP contribution < -0.4 is 5.43 Å². The number of nitrogens with zero attached hydrogens (tertiary/aromatic N) is 2. The Morgan fingerprint density at radius 2 is 1.92 bits per heavy atom. The second kappa shape index (κ2) is 7.23. The minimum Gasteiger partial charge on any atom is -0.481 e. The number of carboxylic acid groups (broad SMARTS) is 1. The molecule has 2 N–H and O–H groups in total. The Morgan fingerprint density at radius 1 is 1.17 bits per heavy atom.